The second-order valence-electron chi connectivity index (χ2n) is 8.61. The summed E-state index contributed by atoms with van der Waals surface area (Å²) in [6, 6.07) is 8.99. The number of carboxylic acid groups (broad SMARTS) is 1. The average Bonchev–Trinajstić information content (AvgIpc) is 2.91. The molecule has 0 unspecified atom stereocenters. The molecule has 2 aromatic carbocycles. The standard InChI is InChI=1S/C27H26F3N5O6S/c1-40-22-14-18(13-20-15-33-26(32)34-25(20)31)12-19(24(22)41-2)7-4-17-5-8-21(9-6-17)35(16-23(36)37)42(38,39)11-3-10-27(28,29)30/h3,5-6,8-10,12,14-15H,11,13,16H2,1-2H3,(H,36,37)(H4,31,32,33,34). The fourth-order valence-electron chi connectivity index (χ4n) is 3.72. The molecule has 3 aromatic rings. The van der Waals surface area contributed by atoms with Crippen molar-refractivity contribution in [3.8, 4) is 23.3 Å². The Bertz CT molecular complexity index is 1650. The number of rotatable bonds is 10. The van der Waals surface area contributed by atoms with Crippen molar-refractivity contribution in [3.63, 3.8) is 0 Å². The number of nitrogen functional groups attached to an aromatic ring is 2. The smallest absolute Gasteiger partial charge is 0.409 e. The van der Waals surface area contributed by atoms with Crippen molar-refractivity contribution >= 4 is 33.4 Å². The third-order valence-corrected chi connectivity index (χ3v) is 7.20. The van der Waals surface area contributed by atoms with Gasteiger partial charge in [0.15, 0.2) is 11.5 Å². The van der Waals surface area contributed by atoms with Crippen molar-refractivity contribution < 1.29 is 41.0 Å². The van der Waals surface area contributed by atoms with Crippen LogP contribution in [0.4, 0.5) is 30.6 Å². The highest BCUT2D eigenvalue weighted by molar-refractivity contribution is 7.92. The molecule has 0 spiro atoms. The van der Waals surface area contributed by atoms with Crippen LogP contribution in [0.1, 0.15) is 22.3 Å². The number of methoxy groups -OCH3 is 2. The van der Waals surface area contributed by atoms with Gasteiger partial charge < -0.3 is 26.0 Å². The minimum atomic E-state index is -4.71. The number of carbonyl (C=O) groups is 1. The number of nitrogens with two attached hydrogens (primary N) is 2. The van der Waals surface area contributed by atoms with Gasteiger partial charge in [0.2, 0.25) is 16.0 Å². The van der Waals surface area contributed by atoms with E-state index in [1.807, 2.05) is 0 Å². The Kier molecular flexibility index (Phi) is 9.86. The molecular formula is C27H26F3N5O6S. The Morgan fingerprint density at radius 3 is 2.38 bits per heavy atom. The van der Waals surface area contributed by atoms with Crippen LogP contribution in [0.2, 0.25) is 0 Å². The molecule has 0 aliphatic rings. The molecule has 0 amide bonds. The third kappa shape index (κ3) is 8.51. The number of ether oxygens (including phenoxy) is 2. The van der Waals surface area contributed by atoms with E-state index in [-0.39, 0.29) is 23.5 Å². The number of sulfonamides is 1. The van der Waals surface area contributed by atoms with Gasteiger partial charge in [-0.1, -0.05) is 17.9 Å². The van der Waals surface area contributed by atoms with Crippen molar-refractivity contribution in [1.29, 1.82) is 0 Å². The van der Waals surface area contributed by atoms with Gasteiger partial charge in [0, 0.05) is 29.8 Å². The Morgan fingerprint density at radius 1 is 1.12 bits per heavy atom. The summed E-state index contributed by atoms with van der Waals surface area (Å²) in [5, 5.41) is 9.19. The predicted molar refractivity (Wildman–Crippen MR) is 150 cm³/mol. The van der Waals surface area contributed by atoms with Crippen LogP contribution in [-0.4, -0.2) is 62.2 Å². The summed E-state index contributed by atoms with van der Waals surface area (Å²) in [6.45, 7) is -0.986. The Hall–Kier alpha value is -4.97. The van der Waals surface area contributed by atoms with E-state index in [2.05, 4.69) is 21.8 Å². The molecule has 1 heterocycles. The molecule has 0 saturated carbocycles. The van der Waals surface area contributed by atoms with Crippen molar-refractivity contribution in [1.82, 2.24) is 9.97 Å². The van der Waals surface area contributed by atoms with E-state index in [0.29, 0.717) is 45.0 Å². The molecule has 0 atom stereocenters. The van der Waals surface area contributed by atoms with Crippen LogP contribution < -0.4 is 25.2 Å². The quantitative estimate of drug-likeness (QED) is 0.231. The molecule has 3 rings (SSSR count). The number of nitrogens with zero attached hydrogens (tertiary/aromatic N) is 3. The Labute approximate surface area is 239 Å². The minimum absolute atomic E-state index is 0.0445. The maximum atomic E-state index is 12.6. The highest BCUT2D eigenvalue weighted by atomic mass is 32.2. The topological polar surface area (TPSA) is 171 Å². The van der Waals surface area contributed by atoms with Crippen LogP contribution in [0, 0.1) is 11.8 Å². The zero-order chi connectivity index (χ0) is 31.1. The lowest BCUT2D eigenvalue weighted by atomic mass is 10.0. The highest BCUT2D eigenvalue weighted by Gasteiger charge is 2.26. The van der Waals surface area contributed by atoms with Gasteiger partial charge in [-0.05, 0) is 42.0 Å². The van der Waals surface area contributed by atoms with Gasteiger partial charge in [0.25, 0.3) is 0 Å². The first-order chi connectivity index (χ1) is 19.7. The second kappa shape index (κ2) is 13.1. The number of allylic oxidation sites excluding steroid dienone is 1. The summed E-state index contributed by atoms with van der Waals surface area (Å²) in [7, 11) is -1.52. The average molecular weight is 606 g/mol. The summed E-state index contributed by atoms with van der Waals surface area (Å²) >= 11 is 0. The van der Waals surface area contributed by atoms with E-state index < -0.39 is 34.5 Å². The van der Waals surface area contributed by atoms with E-state index in [0.717, 1.165) is 5.56 Å². The number of hydrogen-bond donors (Lipinski definition) is 3. The van der Waals surface area contributed by atoms with Gasteiger partial charge in [-0.3, -0.25) is 9.10 Å². The van der Waals surface area contributed by atoms with E-state index in [1.165, 1.54) is 44.7 Å². The zero-order valence-electron chi connectivity index (χ0n) is 22.3. The number of carboxylic acids is 1. The van der Waals surface area contributed by atoms with Crippen LogP contribution in [0.25, 0.3) is 0 Å². The minimum Gasteiger partial charge on any atom is -0.493 e. The number of hydrogen-bond acceptors (Lipinski definition) is 9. The van der Waals surface area contributed by atoms with Gasteiger partial charge in [0.05, 0.1) is 31.2 Å². The third-order valence-electron chi connectivity index (χ3n) is 5.58. The fourth-order valence-corrected chi connectivity index (χ4v) is 4.99. The SMILES string of the molecule is COc1cc(Cc2cnc(N)nc2N)cc(C#Cc2ccc(N(CC(=O)O)S(=O)(=O)CC=CC(F)(F)F)cc2)c1OC. The van der Waals surface area contributed by atoms with Gasteiger partial charge >= 0.3 is 12.1 Å². The van der Waals surface area contributed by atoms with Gasteiger partial charge in [-0.15, -0.1) is 0 Å². The Balaban J connectivity index is 1.93. The van der Waals surface area contributed by atoms with Crippen LogP contribution in [0.5, 0.6) is 11.5 Å². The predicted octanol–water partition coefficient (Wildman–Crippen LogP) is 2.99. The number of alkyl halides is 3. The monoisotopic (exact) mass is 605 g/mol. The molecule has 1 aromatic heterocycles. The van der Waals surface area contributed by atoms with Crippen molar-refractivity contribution in [2.75, 3.05) is 42.3 Å². The van der Waals surface area contributed by atoms with E-state index >= 15 is 0 Å². The summed E-state index contributed by atoms with van der Waals surface area (Å²) in [6.07, 6.45) is -2.67. The molecule has 0 radical (unpaired) electrons. The zero-order valence-corrected chi connectivity index (χ0v) is 23.2. The first-order valence-electron chi connectivity index (χ1n) is 11.9. The maximum absolute atomic E-state index is 12.6. The van der Waals surface area contributed by atoms with Crippen molar-refractivity contribution in [3.05, 3.63) is 77.0 Å². The molecule has 42 heavy (non-hydrogen) atoms. The molecule has 0 aliphatic carbocycles. The first kappa shape index (κ1) is 31.6. The lowest BCUT2D eigenvalue weighted by Crippen LogP contribution is -2.37. The summed E-state index contributed by atoms with van der Waals surface area (Å²) < 4.78 is 74.0. The van der Waals surface area contributed by atoms with Crippen LogP contribution in [-0.2, 0) is 21.2 Å². The Morgan fingerprint density at radius 2 is 1.81 bits per heavy atom. The molecule has 11 nitrogen and oxygen atoms in total. The summed E-state index contributed by atoms with van der Waals surface area (Å²) in [5.41, 5.74) is 13.7. The number of benzene rings is 2. The number of anilines is 3. The van der Waals surface area contributed by atoms with Crippen molar-refractivity contribution in [2.45, 2.75) is 12.6 Å². The molecule has 0 bridgehead atoms. The summed E-state index contributed by atoms with van der Waals surface area (Å²) in [5.74, 6) is 4.39. The molecule has 0 saturated heterocycles. The second-order valence-corrected chi connectivity index (χ2v) is 10.6. The molecule has 222 valence electrons. The van der Waals surface area contributed by atoms with E-state index in [4.69, 9.17) is 20.9 Å². The normalized spacial score (nSPS) is 11.5. The lowest BCUT2D eigenvalue weighted by molar-refractivity contribution is -0.135. The highest BCUT2D eigenvalue weighted by Crippen LogP contribution is 2.33. The van der Waals surface area contributed by atoms with Crippen LogP contribution >= 0.6 is 0 Å². The molecule has 15 heteroatoms. The van der Waals surface area contributed by atoms with Crippen LogP contribution in [0.3, 0.4) is 0 Å². The molecule has 0 fully saturated rings. The molecule has 0 aliphatic heterocycles. The summed E-state index contributed by atoms with van der Waals surface area (Å²) in [4.78, 5) is 19.2. The van der Waals surface area contributed by atoms with Crippen LogP contribution in [0.15, 0.2) is 54.7 Å². The maximum Gasteiger partial charge on any atom is 0.409 e. The number of aliphatic carboxylic acids is 1. The lowest BCUT2D eigenvalue weighted by Gasteiger charge is -2.22. The van der Waals surface area contributed by atoms with Gasteiger partial charge in [-0.2, -0.15) is 18.2 Å². The van der Waals surface area contributed by atoms with Crippen molar-refractivity contribution in [2.24, 2.45) is 0 Å². The largest absolute Gasteiger partial charge is 0.493 e. The van der Waals surface area contributed by atoms with E-state index in [9.17, 15) is 31.5 Å². The number of aromatic nitrogens is 2. The number of halogens is 3. The fraction of sp³-hybridized carbons (Fsp3) is 0.222. The van der Waals surface area contributed by atoms with E-state index in [1.54, 1.807) is 12.1 Å². The molecular weight excluding hydrogens is 579 g/mol. The first-order valence-corrected chi connectivity index (χ1v) is 13.5. The van der Waals surface area contributed by atoms with Gasteiger partial charge in [-0.25, -0.2) is 13.4 Å². The van der Waals surface area contributed by atoms with Gasteiger partial charge in [0.1, 0.15) is 12.4 Å². The molecule has 5 N–H and O–H groups in total.